The first-order chi connectivity index (χ1) is 16.2. The fraction of sp³-hybridized carbons (Fsp3) is 0.0345. The first-order valence-corrected chi connectivity index (χ1v) is 10.8. The molecule has 158 valence electrons. The summed E-state index contributed by atoms with van der Waals surface area (Å²) >= 11 is 0. The predicted molar refractivity (Wildman–Crippen MR) is 132 cm³/mol. The Morgan fingerprint density at radius 1 is 0.606 bits per heavy atom. The molecule has 4 aromatic carbocycles. The van der Waals surface area contributed by atoms with Crippen molar-refractivity contribution in [1.82, 2.24) is 9.97 Å². The number of nitrogens with zero attached hydrogens (tertiary/aromatic N) is 2. The van der Waals surface area contributed by atoms with E-state index in [-0.39, 0.29) is 0 Å². The summed E-state index contributed by atoms with van der Waals surface area (Å²) in [6, 6.07) is 32.2. The van der Waals surface area contributed by atoms with E-state index in [9.17, 15) is 0 Å². The number of allylic oxidation sites excluding steroid dienone is 1. The molecule has 0 N–H and O–H groups in total. The summed E-state index contributed by atoms with van der Waals surface area (Å²) in [5.41, 5.74) is 8.71. The molecule has 2 aromatic heterocycles. The van der Waals surface area contributed by atoms with Gasteiger partial charge in [0.1, 0.15) is 11.0 Å². The summed E-state index contributed by atoms with van der Waals surface area (Å²) in [5, 5.41) is 0. The average molecular weight is 428 g/mol. The van der Waals surface area contributed by atoms with Crippen molar-refractivity contribution in [2.75, 3.05) is 0 Å². The normalized spacial score (nSPS) is 12.0. The molecule has 0 aliphatic heterocycles. The molecule has 0 spiro atoms. The molecule has 0 bridgehead atoms. The Hall–Kier alpha value is -4.44. The minimum atomic E-state index is 0.637. The van der Waals surface area contributed by atoms with E-state index in [1.54, 1.807) is 0 Å². The van der Waals surface area contributed by atoms with Gasteiger partial charge in [0.15, 0.2) is 11.2 Å². The van der Waals surface area contributed by atoms with E-state index in [2.05, 4.69) is 47.2 Å². The maximum Gasteiger partial charge on any atom is 0.227 e. The second-order valence-electron chi connectivity index (χ2n) is 8.00. The van der Waals surface area contributed by atoms with Crippen molar-refractivity contribution in [3.63, 3.8) is 0 Å². The van der Waals surface area contributed by atoms with Gasteiger partial charge in [-0.25, -0.2) is 9.97 Å². The Labute approximate surface area is 190 Å². The van der Waals surface area contributed by atoms with Gasteiger partial charge in [0.2, 0.25) is 11.8 Å². The standard InChI is InChI=1S/C29H20N2O2/c1-19(21-14-16-23(17-15-21)29-31-25-7-3-5-9-27(25)33-29)18-20-10-12-22(13-11-20)28-30-24-6-2-4-8-26(24)32-28/h2-18H,1H3. The Morgan fingerprint density at radius 3 is 1.61 bits per heavy atom. The molecule has 0 atom stereocenters. The average Bonchev–Trinajstić information content (AvgIpc) is 3.49. The first kappa shape index (κ1) is 19.3. The zero-order valence-electron chi connectivity index (χ0n) is 18.0. The van der Waals surface area contributed by atoms with Gasteiger partial charge >= 0.3 is 0 Å². The Bertz CT molecular complexity index is 1540. The maximum absolute atomic E-state index is 5.88. The molecule has 6 aromatic rings. The number of hydrogen-bond acceptors (Lipinski definition) is 4. The number of aromatic nitrogens is 2. The zero-order chi connectivity index (χ0) is 22.2. The van der Waals surface area contributed by atoms with Crippen LogP contribution in [0.2, 0.25) is 0 Å². The molecule has 0 radical (unpaired) electrons. The van der Waals surface area contributed by atoms with Crippen LogP contribution in [0.3, 0.4) is 0 Å². The SMILES string of the molecule is CC(=Cc1ccc(-c2nc3ccccc3o2)cc1)c1ccc(-c2nc3ccccc3o2)cc1. The van der Waals surface area contributed by atoms with Crippen molar-refractivity contribution < 1.29 is 8.83 Å². The number of benzene rings is 4. The minimum absolute atomic E-state index is 0.637. The van der Waals surface area contributed by atoms with Crippen LogP contribution in [0.5, 0.6) is 0 Å². The number of oxazole rings is 2. The maximum atomic E-state index is 5.88. The van der Waals surface area contributed by atoms with Crippen LogP contribution in [0.4, 0.5) is 0 Å². The van der Waals surface area contributed by atoms with Gasteiger partial charge in [-0.15, -0.1) is 0 Å². The lowest BCUT2D eigenvalue weighted by atomic mass is 10.0. The lowest BCUT2D eigenvalue weighted by molar-refractivity contribution is 0.619. The highest BCUT2D eigenvalue weighted by Crippen LogP contribution is 2.28. The van der Waals surface area contributed by atoms with Crippen molar-refractivity contribution in [3.05, 3.63) is 108 Å². The molecule has 0 saturated heterocycles. The van der Waals surface area contributed by atoms with Gasteiger partial charge in [-0.3, -0.25) is 0 Å². The van der Waals surface area contributed by atoms with Crippen LogP contribution in [0.15, 0.2) is 106 Å². The van der Waals surface area contributed by atoms with E-state index in [0.29, 0.717) is 11.8 Å². The van der Waals surface area contributed by atoms with E-state index in [0.717, 1.165) is 44.5 Å². The summed E-state index contributed by atoms with van der Waals surface area (Å²) in [6.45, 7) is 2.11. The summed E-state index contributed by atoms with van der Waals surface area (Å²) in [4.78, 5) is 9.15. The fourth-order valence-electron chi connectivity index (χ4n) is 3.92. The summed E-state index contributed by atoms with van der Waals surface area (Å²) in [6.07, 6.45) is 2.17. The molecule has 2 heterocycles. The third kappa shape index (κ3) is 3.72. The molecule has 33 heavy (non-hydrogen) atoms. The van der Waals surface area contributed by atoms with Crippen LogP contribution in [0.1, 0.15) is 18.1 Å². The van der Waals surface area contributed by atoms with Gasteiger partial charge in [-0.2, -0.15) is 0 Å². The van der Waals surface area contributed by atoms with Gasteiger partial charge in [-0.1, -0.05) is 54.6 Å². The van der Waals surface area contributed by atoms with Crippen LogP contribution in [0.25, 0.3) is 56.8 Å². The number of fused-ring (bicyclic) bond motifs is 2. The van der Waals surface area contributed by atoms with Crippen molar-refractivity contribution in [1.29, 1.82) is 0 Å². The van der Waals surface area contributed by atoms with Crippen LogP contribution in [0, 0.1) is 0 Å². The second kappa shape index (κ2) is 7.92. The highest BCUT2D eigenvalue weighted by atomic mass is 16.4. The monoisotopic (exact) mass is 428 g/mol. The fourth-order valence-corrected chi connectivity index (χ4v) is 3.92. The zero-order valence-corrected chi connectivity index (χ0v) is 18.0. The Balaban J connectivity index is 1.23. The Kier molecular flexibility index (Phi) is 4.62. The number of para-hydroxylation sites is 4. The first-order valence-electron chi connectivity index (χ1n) is 10.8. The van der Waals surface area contributed by atoms with E-state index in [4.69, 9.17) is 8.83 Å². The number of hydrogen-bond donors (Lipinski definition) is 0. The van der Waals surface area contributed by atoms with Gasteiger partial charge in [0.25, 0.3) is 0 Å². The molecule has 0 saturated carbocycles. The topological polar surface area (TPSA) is 52.1 Å². The molecule has 0 unspecified atom stereocenters. The van der Waals surface area contributed by atoms with Crippen molar-refractivity contribution >= 4 is 33.8 Å². The largest absolute Gasteiger partial charge is 0.436 e. The van der Waals surface area contributed by atoms with E-state index in [1.807, 2.05) is 72.8 Å². The molecule has 4 nitrogen and oxygen atoms in total. The Morgan fingerprint density at radius 2 is 1.09 bits per heavy atom. The quantitative estimate of drug-likeness (QED) is 0.268. The molecule has 0 aliphatic carbocycles. The number of rotatable bonds is 4. The van der Waals surface area contributed by atoms with E-state index < -0.39 is 0 Å². The molecular formula is C29H20N2O2. The molecule has 6 rings (SSSR count). The molecular weight excluding hydrogens is 408 g/mol. The smallest absolute Gasteiger partial charge is 0.227 e. The van der Waals surface area contributed by atoms with Gasteiger partial charge in [0, 0.05) is 11.1 Å². The summed E-state index contributed by atoms with van der Waals surface area (Å²) < 4.78 is 11.8. The third-order valence-electron chi connectivity index (χ3n) is 5.72. The van der Waals surface area contributed by atoms with Gasteiger partial charge in [-0.05, 0) is 72.2 Å². The second-order valence-corrected chi connectivity index (χ2v) is 8.00. The van der Waals surface area contributed by atoms with Crippen LogP contribution in [-0.2, 0) is 0 Å². The van der Waals surface area contributed by atoms with E-state index >= 15 is 0 Å². The molecule has 0 amide bonds. The van der Waals surface area contributed by atoms with Gasteiger partial charge < -0.3 is 8.83 Å². The van der Waals surface area contributed by atoms with E-state index in [1.165, 1.54) is 5.57 Å². The highest BCUT2D eigenvalue weighted by molar-refractivity contribution is 5.82. The predicted octanol–water partition coefficient (Wildman–Crippen LogP) is 7.86. The van der Waals surface area contributed by atoms with Crippen LogP contribution < -0.4 is 0 Å². The van der Waals surface area contributed by atoms with Crippen molar-refractivity contribution in [2.45, 2.75) is 6.92 Å². The third-order valence-corrected chi connectivity index (χ3v) is 5.72. The van der Waals surface area contributed by atoms with Crippen LogP contribution >= 0.6 is 0 Å². The van der Waals surface area contributed by atoms with Gasteiger partial charge in [0.05, 0.1) is 0 Å². The molecule has 0 fully saturated rings. The van der Waals surface area contributed by atoms with Crippen LogP contribution in [-0.4, -0.2) is 9.97 Å². The minimum Gasteiger partial charge on any atom is -0.436 e. The van der Waals surface area contributed by atoms with Crippen molar-refractivity contribution in [3.8, 4) is 22.9 Å². The summed E-state index contributed by atoms with van der Waals surface area (Å²) in [7, 11) is 0. The molecule has 0 aliphatic rings. The lowest BCUT2D eigenvalue weighted by Gasteiger charge is -2.04. The lowest BCUT2D eigenvalue weighted by Crippen LogP contribution is -1.83. The summed E-state index contributed by atoms with van der Waals surface area (Å²) in [5.74, 6) is 1.28. The van der Waals surface area contributed by atoms with Crippen molar-refractivity contribution in [2.24, 2.45) is 0 Å². The highest BCUT2D eigenvalue weighted by Gasteiger charge is 2.09. The molecule has 4 heteroatoms.